The van der Waals surface area contributed by atoms with Gasteiger partial charge in [0.1, 0.15) is 17.5 Å². The molecule has 0 aliphatic carbocycles. The molecule has 0 saturated carbocycles. The molecule has 4 heterocycles. The van der Waals surface area contributed by atoms with Crippen molar-refractivity contribution in [3.05, 3.63) is 52.7 Å². The van der Waals surface area contributed by atoms with E-state index in [1.807, 2.05) is 6.07 Å². The Morgan fingerprint density at radius 1 is 0.795 bits per heavy atom. The molecular weight excluding hydrogens is 492 g/mol. The van der Waals surface area contributed by atoms with E-state index < -0.39 is 0 Å². The summed E-state index contributed by atoms with van der Waals surface area (Å²) in [6.07, 6.45) is 8.08. The third-order valence-corrected chi connectivity index (χ3v) is 7.96. The van der Waals surface area contributed by atoms with Gasteiger partial charge < -0.3 is 24.4 Å². The number of nitrogens with zero attached hydrogens (tertiary/aromatic N) is 3. The van der Waals surface area contributed by atoms with Gasteiger partial charge in [-0.05, 0) is 42.9 Å². The van der Waals surface area contributed by atoms with Crippen molar-refractivity contribution in [2.24, 2.45) is 11.8 Å². The maximum atomic E-state index is 14.2. The normalized spacial score (nSPS) is 16.9. The van der Waals surface area contributed by atoms with E-state index in [4.69, 9.17) is 14.6 Å². The number of furan rings is 2. The molecule has 0 spiro atoms. The van der Waals surface area contributed by atoms with Gasteiger partial charge in [0.15, 0.2) is 17.4 Å². The van der Waals surface area contributed by atoms with Gasteiger partial charge in [-0.3, -0.25) is 9.59 Å². The van der Waals surface area contributed by atoms with E-state index in [0.29, 0.717) is 47.2 Å². The Hall–Kier alpha value is -3.73. The topological polar surface area (TPSA) is 117 Å². The average Bonchev–Trinajstić information content (AvgIpc) is 3.70. The van der Waals surface area contributed by atoms with Crippen molar-refractivity contribution in [1.29, 1.82) is 5.26 Å². The van der Waals surface area contributed by atoms with Crippen LogP contribution in [0.15, 0.2) is 44.2 Å². The van der Waals surface area contributed by atoms with Gasteiger partial charge in [0.2, 0.25) is 5.76 Å². The Labute approximate surface area is 231 Å². The second kappa shape index (κ2) is 12.4. The summed E-state index contributed by atoms with van der Waals surface area (Å²) in [5.41, 5.74) is 7.50. The van der Waals surface area contributed by atoms with Gasteiger partial charge in [0.05, 0.1) is 11.1 Å². The summed E-state index contributed by atoms with van der Waals surface area (Å²) in [4.78, 5) is 31.9. The summed E-state index contributed by atoms with van der Waals surface area (Å²) in [6, 6.07) is 8.63. The highest BCUT2D eigenvalue weighted by atomic mass is 16.4. The Kier molecular flexibility index (Phi) is 9.01. The largest absolute Gasteiger partial charge is 0.444 e. The van der Waals surface area contributed by atoms with Crippen molar-refractivity contribution in [2.45, 2.75) is 79.1 Å². The number of anilines is 1. The minimum Gasteiger partial charge on any atom is -0.444 e. The van der Waals surface area contributed by atoms with Crippen LogP contribution in [-0.2, 0) is 9.59 Å². The van der Waals surface area contributed by atoms with Crippen LogP contribution in [-0.4, -0.2) is 34.7 Å². The van der Waals surface area contributed by atoms with E-state index in [1.165, 1.54) is 0 Å². The zero-order chi connectivity index (χ0) is 28.1. The number of hydrogen-bond acceptors (Lipinski definition) is 6. The maximum Gasteiger partial charge on any atom is 0.261 e. The molecule has 2 aromatic heterocycles. The van der Waals surface area contributed by atoms with Gasteiger partial charge in [0, 0.05) is 19.2 Å². The molecule has 2 atom stereocenters. The van der Waals surface area contributed by atoms with E-state index in [2.05, 4.69) is 27.7 Å². The van der Waals surface area contributed by atoms with Gasteiger partial charge >= 0.3 is 0 Å². The highest BCUT2D eigenvalue weighted by molar-refractivity contribution is 6.29. The molecule has 2 amide bonds. The first kappa shape index (κ1) is 28.3. The molecule has 39 heavy (non-hydrogen) atoms. The summed E-state index contributed by atoms with van der Waals surface area (Å²) in [6.45, 7) is 9.51. The lowest BCUT2D eigenvalue weighted by atomic mass is 9.98. The van der Waals surface area contributed by atoms with Crippen molar-refractivity contribution in [1.82, 2.24) is 9.80 Å². The molecular formula is C31H40N4O4. The van der Waals surface area contributed by atoms with Gasteiger partial charge in [-0.1, -0.05) is 66.2 Å². The fourth-order valence-corrected chi connectivity index (χ4v) is 5.61. The number of carbonyl (C=O) groups is 2. The van der Waals surface area contributed by atoms with E-state index in [9.17, 15) is 14.9 Å². The predicted molar refractivity (Wildman–Crippen MR) is 150 cm³/mol. The second-order valence-electron chi connectivity index (χ2n) is 10.6. The van der Waals surface area contributed by atoms with Crippen LogP contribution in [0.1, 0.15) is 96.3 Å². The molecule has 0 radical (unpaired) electrons. The van der Waals surface area contributed by atoms with E-state index in [-0.39, 0.29) is 35.3 Å². The smallest absolute Gasteiger partial charge is 0.261 e. The quantitative estimate of drug-likeness (QED) is 0.294. The first-order valence-corrected chi connectivity index (χ1v) is 14.4. The van der Waals surface area contributed by atoms with Crippen LogP contribution >= 0.6 is 0 Å². The van der Waals surface area contributed by atoms with E-state index in [0.717, 1.165) is 51.4 Å². The monoisotopic (exact) mass is 532 g/mol. The first-order chi connectivity index (χ1) is 18.9. The van der Waals surface area contributed by atoms with Gasteiger partial charge in [-0.15, -0.1) is 0 Å². The number of amides is 2. The number of rotatable bonds is 14. The predicted octanol–water partition coefficient (Wildman–Crippen LogP) is 6.57. The lowest BCUT2D eigenvalue weighted by Crippen LogP contribution is -2.34. The standard InChI is InChI=1S/C31H40N4O4/c1-5-9-11-20(7-3)18-34-28(23-14-13-22(17-32)38-23)26-27(31(34)37)29(24-15-16-25(33)39-24)35(30(26)36)19-21(8-4)12-10-6-2/h13-16,20-21H,5-12,18-19,33H2,1-4H3. The molecule has 0 fully saturated rings. The molecule has 2 aliphatic heterocycles. The van der Waals surface area contributed by atoms with Crippen LogP contribution in [0, 0.1) is 23.2 Å². The molecule has 208 valence electrons. The molecule has 2 unspecified atom stereocenters. The Morgan fingerprint density at radius 2 is 1.28 bits per heavy atom. The van der Waals surface area contributed by atoms with Crippen LogP contribution < -0.4 is 5.73 Å². The zero-order valence-electron chi connectivity index (χ0n) is 23.6. The number of nitrogens with two attached hydrogens (primary N) is 1. The molecule has 0 aromatic carbocycles. The van der Waals surface area contributed by atoms with Crippen LogP contribution in [0.5, 0.6) is 0 Å². The SMILES string of the molecule is CCCCC(CC)CN1C(=O)C2=C(c3ccc(C#N)o3)N(CC(CC)CCCC)C(=O)C2=C1c1ccc(N)o1. The van der Waals surface area contributed by atoms with Crippen molar-refractivity contribution in [2.75, 3.05) is 18.8 Å². The number of fused-ring (bicyclic) bond motifs is 1. The number of hydrogen-bond donors (Lipinski definition) is 1. The number of carbonyl (C=O) groups excluding carboxylic acids is 2. The van der Waals surface area contributed by atoms with Crippen molar-refractivity contribution in [3.8, 4) is 6.07 Å². The number of unbranched alkanes of at least 4 members (excludes halogenated alkanes) is 2. The summed E-state index contributed by atoms with van der Waals surface area (Å²) in [5.74, 6) is 1.16. The Morgan fingerprint density at radius 3 is 1.67 bits per heavy atom. The van der Waals surface area contributed by atoms with Crippen LogP contribution in [0.4, 0.5) is 5.88 Å². The van der Waals surface area contributed by atoms with E-state index in [1.54, 1.807) is 34.1 Å². The third-order valence-electron chi connectivity index (χ3n) is 7.96. The van der Waals surface area contributed by atoms with Crippen molar-refractivity contribution < 1.29 is 18.4 Å². The highest BCUT2D eigenvalue weighted by Crippen LogP contribution is 2.48. The summed E-state index contributed by atoms with van der Waals surface area (Å²) < 4.78 is 11.7. The highest BCUT2D eigenvalue weighted by Gasteiger charge is 2.50. The summed E-state index contributed by atoms with van der Waals surface area (Å²) in [7, 11) is 0. The second-order valence-corrected chi connectivity index (χ2v) is 10.6. The fraction of sp³-hybridized carbons (Fsp3) is 0.516. The minimum atomic E-state index is -0.243. The molecule has 8 nitrogen and oxygen atoms in total. The fourth-order valence-electron chi connectivity index (χ4n) is 5.61. The van der Waals surface area contributed by atoms with Crippen molar-refractivity contribution >= 4 is 29.1 Å². The van der Waals surface area contributed by atoms with Crippen molar-refractivity contribution in [3.63, 3.8) is 0 Å². The summed E-state index contributed by atoms with van der Waals surface area (Å²) in [5, 5.41) is 9.41. The van der Waals surface area contributed by atoms with E-state index >= 15 is 0 Å². The van der Waals surface area contributed by atoms with Gasteiger partial charge in [-0.2, -0.15) is 5.26 Å². The van der Waals surface area contributed by atoms with Crippen LogP contribution in [0.2, 0.25) is 0 Å². The first-order valence-electron chi connectivity index (χ1n) is 14.4. The van der Waals surface area contributed by atoms with Crippen LogP contribution in [0.25, 0.3) is 11.4 Å². The lowest BCUT2D eigenvalue weighted by Gasteiger charge is -2.28. The Bertz CT molecular complexity index is 1310. The Balaban J connectivity index is 1.87. The molecule has 8 heteroatoms. The number of nitriles is 1. The molecule has 0 saturated heterocycles. The minimum absolute atomic E-state index is 0.132. The van der Waals surface area contributed by atoms with Gasteiger partial charge in [0.25, 0.3) is 11.8 Å². The molecule has 4 rings (SSSR count). The summed E-state index contributed by atoms with van der Waals surface area (Å²) >= 11 is 0. The van der Waals surface area contributed by atoms with Gasteiger partial charge in [-0.25, -0.2) is 0 Å². The molecule has 2 aromatic rings. The molecule has 2 N–H and O–H groups in total. The average molecular weight is 533 g/mol. The molecule has 0 bridgehead atoms. The third kappa shape index (κ3) is 5.54. The zero-order valence-corrected chi connectivity index (χ0v) is 23.6. The lowest BCUT2D eigenvalue weighted by molar-refractivity contribution is -0.124. The van der Waals surface area contributed by atoms with Crippen LogP contribution in [0.3, 0.4) is 0 Å². The maximum absolute atomic E-state index is 14.2. The number of nitrogen functional groups attached to an aromatic ring is 1. The molecule has 2 aliphatic rings.